The molecule has 0 atom stereocenters. The van der Waals surface area contributed by atoms with E-state index in [4.69, 9.17) is 9.84 Å². The molecular formula is C14H20N4O5. The van der Waals surface area contributed by atoms with Crippen molar-refractivity contribution in [2.24, 2.45) is 0 Å². The minimum atomic E-state index is -1.14. The van der Waals surface area contributed by atoms with Crippen LogP contribution < -0.4 is 16.0 Å². The van der Waals surface area contributed by atoms with Gasteiger partial charge in [0.25, 0.3) is 0 Å². The van der Waals surface area contributed by atoms with Crippen LogP contribution in [0.1, 0.15) is 26.3 Å². The molecular weight excluding hydrogens is 304 g/mol. The van der Waals surface area contributed by atoms with Gasteiger partial charge >= 0.3 is 18.1 Å². The summed E-state index contributed by atoms with van der Waals surface area (Å²) in [6.45, 7) is 4.81. The number of carboxylic acids is 1. The minimum absolute atomic E-state index is 0.0599. The molecule has 0 aliphatic rings. The van der Waals surface area contributed by atoms with E-state index in [-0.39, 0.29) is 6.54 Å². The third-order valence-corrected chi connectivity index (χ3v) is 2.38. The van der Waals surface area contributed by atoms with Gasteiger partial charge < -0.3 is 20.5 Å². The normalized spacial score (nSPS) is 10.6. The zero-order valence-electron chi connectivity index (χ0n) is 13.2. The second-order valence-corrected chi connectivity index (χ2v) is 5.59. The van der Waals surface area contributed by atoms with E-state index in [1.165, 1.54) is 12.4 Å². The van der Waals surface area contributed by atoms with Gasteiger partial charge in [-0.15, -0.1) is 0 Å². The van der Waals surface area contributed by atoms with Gasteiger partial charge in [-0.05, 0) is 26.8 Å². The molecule has 9 nitrogen and oxygen atoms in total. The number of anilines is 1. The van der Waals surface area contributed by atoms with Gasteiger partial charge in [-0.2, -0.15) is 0 Å². The highest BCUT2D eigenvalue weighted by molar-refractivity contribution is 5.86. The highest BCUT2D eigenvalue weighted by Gasteiger charge is 2.17. The van der Waals surface area contributed by atoms with E-state index in [1.54, 1.807) is 26.8 Å². The molecule has 1 rings (SSSR count). The van der Waals surface area contributed by atoms with Crippen molar-refractivity contribution in [2.45, 2.75) is 32.9 Å². The number of rotatable bonds is 5. The third-order valence-electron chi connectivity index (χ3n) is 2.38. The van der Waals surface area contributed by atoms with E-state index in [1.807, 2.05) is 0 Å². The van der Waals surface area contributed by atoms with Gasteiger partial charge in [0.1, 0.15) is 12.1 Å². The van der Waals surface area contributed by atoms with Crippen LogP contribution in [0.5, 0.6) is 0 Å². The largest absolute Gasteiger partial charge is 0.480 e. The standard InChI is InChI=1S/C14H20N4O5/c1-14(2,3)23-13(22)18-10-4-5-15-6-9(10)7-16-12(21)17-8-11(19)20/h4-6H,7-8H2,1-3H3,(H,19,20)(H,15,18,22)(H2,16,17,21). The summed E-state index contributed by atoms with van der Waals surface area (Å²) in [6.07, 6.45) is 2.34. The molecule has 0 aliphatic carbocycles. The summed E-state index contributed by atoms with van der Waals surface area (Å²) in [4.78, 5) is 37.5. The number of nitrogens with one attached hydrogen (secondary N) is 3. The van der Waals surface area contributed by atoms with Crippen molar-refractivity contribution in [2.75, 3.05) is 11.9 Å². The highest BCUT2D eigenvalue weighted by atomic mass is 16.6. The molecule has 1 heterocycles. The predicted molar refractivity (Wildman–Crippen MR) is 82.0 cm³/mol. The molecule has 0 unspecified atom stereocenters. The minimum Gasteiger partial charge on any atom is -0.480 e. The summed E-state index contributed by atoms with van der Waals surface area (Å²) in [5, 5.41) is 15.7. The number of urea groups is 1. The van der Waals surface area contributed by atoms with E-state index in [0.717, 1.165) is 0 Å². The van der Waals surface area contributed by atoms with Gasteiger partial charge in [-0.25, -0.2) is 9.59 Å². The second-order valence-electron chi connectivity index (χ2n) is 5.59. The van der Waals surface area contributed by atoms with Gasteiger partial charge in [0.2, 0.25) is 0 Å². The lowest BCUT2D eigenvalue weighted by Crippen LogP contribution is -2.38. The summed E-state index contributed by atoms with van der Waals surface area (Å²) in [6, 6.07) is 0.926. The summed E-state index contributed by atoms with van der Waals surface area (Å²) < 4.78 is 5.15. The first-order valence-corrected chi connectivity index (χ1v) is 6.84. The molecule has 0 bridgehead atoms. The maximum atomic E-state index is 11.8. The summed E-state index contributed by atoms with van der Waals surface area (Å²) >= 11 is 0. The number of carbonyl (C=O) groups is 3. The van der Waals surface area contributed by atoms with E-state index >= 15 is 0 Å². The summed E-state index contributed by atoms with van der Waals surface area (Å²) in [5.41, 5.74) is 0.350. The van der Waals surface area contributed by atoms with Crippen molar-refractivity contribution >= 4 is 23.8 Å². The molecule has 0 aromatic carbocycles. The van der Waals surface area contributed by atoms with E-state index in [9.17, 15) is 14.4 Å². The number of aliphatic carboxylic acids is 1. The molecule has 0 aliphatic heterocycles. The average Bonchev–Trinajstić information content (AvgIpc) is 2.42. The lowest BCUT2D eigenvalue weighted by Gasteiger charge is -2.20. The number of ether oxygens (including phenoxy) is 1. The van der Waals surface area contributed by atoms with Crippen LogP contribution in [0.15, 0.2) is 18.5 Å². The predicted octanol–water partition coefficient (Wildman–Crippen LogP) is 1.31. The Labute approximate surface area is 133 Å². The Kier molecular flexibility index (Phi) is 6.31. The molecule has 0 spiro atoms. The first-order chi connectivity index (χ1) is 10.7. The van der Waals surface area contributed by atoms with Crippen LogP contribution in [0.4, 0.5) is 15.3 Å². The molecule has 0 saturated carbocycles. The van der Waals surface area contributed by atoms with Crippen LogP contribution in [0.2, 0.25) is 0 Å². The van der Waals surface area contributed by atoms with E-state index in [0.29, 0.717) is 11.3 Å². The molecule has 23 heavy (non-hydrogen) atoms. The molecule has 1 aromatic rings. The quantitative estimate of drug-likeness (QED) is 0.646. The van der Waals surface area contributed by atoms with Gasteiger partial charge in [-0.1, -0.05) is 0 Å². The Balaban J connectivity index is 2.62. The molecule has 0 saturated heterocycles. The maximum absolute atomic E-state index is 11.8. The first kappa shape index (κ1) is 18.2. The monoisotopic (exact) mass is 324 g/mol. The molecule has 126 valence electrons. The van der Waals surface area contributed by atoms with Gasteiger partial charge in [-0.3, -0.25) is 15.1 Å². The lowest BCUT2D eigenvalue weighted by atomic mass is 10.2. The number of pyridine rings is 1. The van der Waals surface area contributed by atoms with Crippen molar-refractivity contribution in [3.63, 3.8) is 0 Å². The second kappa shape index (κ2) is 7.97. The van der Waals surface area contributed by atoms with Gasteiger partial charge in [0.05, 0.1) is 5.69 Å². The molecule has 3 amide bonds. The highest BCUT2D eigenvalue weighted by Crippen LogP contribution is 2.15. The number of carboxylic acid groups (broad SMARTS) is 1. The van der Waals surface area contributed by atoms with Crippen LogP contribution in [0.3, 0.4) is 0 Å². The Morgan fingerprint density at radius 1 is 1.26 bits per heavy atom. The third kappa shape index (κ3) is 7.65. The smallest absolute Gasteiger partial charge is 0.412 e. The fourth-order valence-corrected chi connectivity index (χ4v) is 1.50. The molecule has 9 heteroatoms. The van der Waals surface area contributed by atoms with Crippen molar-refractivity contribution in [3.05, 3.63) is 24.0 Å². The average molecular weight is 324 g/mol. The number of nitrogens with zero attached hydrogens (tertiary/aromatic N) is 1. The van der Waals surface area contributed by atoms with Crippen molar-refractivity contribution in [1.29, 1.82) is 0 Å². The Hall–Kier alpha value is -2.84. The fraction of sp³-hybridized carbons (Fsp3) is 0.429. The fourth-order valence-electron chi connectivity index (χ4n) is 1.50. The van der Waals surface area contributed by atoms with Crippen LogP contribution in [-0.2, 0) is 16.1 Å². The Morgan fingerprint density at radius 2 is 1.96 bits per heavy atom. The number of hydrogen-bond donors (Lipinski definition) is 4. The zero-order chi connectivity index (χ0) is 17.5. The summed E-state index contributed by atoms with van der Waals surface area (Å²) in [7, 11) is 0. The van der Waals surface area contributed by atoms with Crippen LogP contribution >= 0.6 is 0 Å². The van der Waals surface area contributed by atoms with Crippen LogP contribution in [-0.4, -0.2) is 40.3 Å². The first-order valence-electron chi connectivity index (χ1n) is 6.84. The maximum Gasteiger partial charge on any atom is 0.412 e. The number of aromatic nitrogens is 1. The van der Waals surface area contributed by atoms with Crippen molar-refractivity contribution < 1.29 is 24.2 Å². The topological polar surface area (TPSA) is 130 Å². The molecule has 1 aromatic heterocycles. The number of amides is 3. The van der Waals surface area contributed by atoms with Gasteiger partial charge in [0, 0.05) is 24.5 Å². The molecule has 0 radical (unpaired) electrons. The van der Waals surface area contributed by atoms with E-state index < -0.39 is 30.2 Å². The molecule has 0 fully saturated rings. The number of carbonyl (C=O) groups excluding carboxylic acids is 2. The summed E-state index contributed by atoms with van der Waals surface area (Å²) in [5.74, 6) is -1.14. The van der Waals surface area contributed by atoms with Crippen LogP contribution in [0, 0.1) is 0 Å². The van der Waals surface area contributed by atoms with Crippen molar-refractivity contribution in [1.82, 2.24) is 15.6 Å². The molecule has 4 N–H and O–H groups in total. The van der Waals surface area contributed by atoms with E-state index in [2.05, 4.69) is 20.9 Å². The van der Waals surface area contributed by atoms with Crippen LogP contribution in [0.25, 0.3) is 0 Å². The van der Waals surface area contributed by atoms with Crippen molar-refractivity contribution in [3.8, 4) is 0 Å². The SMILES string of the molecule is CC(C)(C)OC(=O)Nc1ccncc1CNC(=O)NCC(=O)O. The Bertz CT molecular complexity index is 583. The number of hydrogen-bond acceptors (Lipinski definition) is 5. The zero-order valence-corrected chi connectivity index (χ0v) is 13.2. The lowest BCUT2D eigenvalue weighted by molar-refractivity contribution is -0.135. The van der Waals surface area contributed by atoms with Gasteiger partial charge in [0.15, 0.2) is 0 Å². The Morgan fingerprint density at radius 3 is 2.57 bits per heavy atom.